The molecular weight excluding hydrogens is 383 g/mol. The van der Waals surface area contributed by atoms with Crippen molar-refractivity contribution in [3.05, 3.63) is 32.9 Å². The maximum absolute atomic E-state index is 12.2. The number of thiocarbonyl (C=S) groups is 1. The number of piperidine rings is 1. The first kappa shape index (κ1) is 15.7. The molecular formula is C15H19IN2OS. The third kappa shape index (κ3) is 3.91. The Balaban J connectivity index is 1.97. The van der Waals surface area contributed by atoms with Crippen LogP contribution in [0.2, 0.25) is 0 Å². The number of nitrogens with one attached hydrogen (secondary N) is 1. The third-order valence-electron chi connectivity index (χ3n) is 3.73. The molecule has 1 aromatic rings. The van der Waals surface area contributed by atoms with Gasteiger partial charge in [-0.1, -0.05) is 13.0 Å². The van der Waals surface area contributed by atoms with Gasteiger partial charge < -0.3 is 4.90 Å². The number of likely N-dealkylation sites (tertiary alicyclic amines) is 1. The van der Waals surface area contributed by atoms with Crippen molar-refractivity contribution in [3.8, 4) is 0 Å². The molecule has 20 heavy (non-hydrogen) atoms. The first-order valence-electron chi connectivity index (χ1n) is 6.84. The van der Waals surface area contributed by atoms with E-state index in [0.717, 1.165) is 35.4 Å². The van der Waals surface area contributed by atoms with Crippen LogP contribution in [0.15, 0.2) is 18.2 Å². The van der Waals surface area contributed by atoms with Crippen molar-refractivity contribution in [3.63, 3.8) is 0 Å². The number of hydrogen-bond donors (Lipinski definition) is 1. The number of nitrogens with zero attached hydrogens (tertiary/aromatic N) is 1. The van der Waals surface area contributed by atoms with Gasteiger partial charge in [-0.05, 0) is 78.2 Å². The molecule has 0 atom stereocenters. The van der Waals surface area contributed by atoms with Crippen LogP contribution in [0, 0.1) is 16.4 Å². The topological polar surface area (TPSA) is 32.3 Å². The van der Waals surface area contributed by atoms with Crippen LogP contribution in [0.3, 0.4) is 0 Å². The predicted octanol–water partition coefficient (Wildman–Crippen LogP) is 3.35. The number of benzene rings is 1. The number of hydrogen-bond acceptors (Lipinski definition) is 2. The second-order valence-electron chi connectivity index (χ2n) is 5.39. The van der Waals surface area contributed by atoms with Crippen molar-refractivity contribution >= 4 is 45.8 Å². The van der Waals surface area contributed by atoms with E-state index in [1.54, 1.807) is 0 Å². The van der Waals surface area contributed by atoms with Crippen molar-refractivity contribution in [2.45, 2.75) is 26.7 Å². The molecule has 3 nitrogen and oxygen atoms in total. The smallest absolute Gasteiger partial charge is 0.257 e. The summed E-state index contributed by atoms with van der Waals surface area (Å²) in [6.45, 7) is 6.16. The minimum atomic E-state index is -0.119. The van der Waals surface area contributed by atoms with Crippen LogP contribution in [0.5, 0.6) is 0 Å². The molecule has 108 valence electrons. The van der Waals surface area contributed by atoms with Crippen LogP contribution in [0.25, 0.3) is 0 Å². The SMILES string of the molecule is Cc1ccc(C(=O)NC(=S)N2CCC(C)CC2)cc1I. The molecule has 1 heterocycles. The van der Waals surface area contributed by atoms with Gasteiger partial charge in [-0.25, -0.2) is 0 Å². The lowest BCUT2D eigenvalue weighted by atomic mass is 10.00. The predicted molar refractivity (Wildman–Crippen MR) is 93.9 cm³/mol. The molecule has 0 aromatic heterocycles. The van der Waals surface area contributed by atoms with E-state index >= 15 is 0 Å². The molecule has 1 fully saturated rings. The summed E-state index contributed by atoms with van der Waals surface area (Å²) in [7, 11) is 0. The summed E-state index contributed by atoms with van der Waals surface area (Å²) >= 11 is 7.58. The highest BCUT2D eigenvalue weighted by molar-refractivity contribution is 14.1. The van der Waals surface area contributed by atoms with Gasteiger partial charge in [0.15, 0.2) is 5.11 Å². The van der Waals surface area contributed by atoms with Crippen molar-refractivity contribution < 1.29 is 4.79 Å². The lowest BCUT2D eigenvalue weighted by Crippen LogP contribution is -2.46. The molecule has 1 saturated heterocycles. The quantitative estimate of drug-likeness (QED) is 0.578. The Hall–Kier alpha value is -0.690. The van der Waals surface area contributed by atoms with Gasteiger partial charge in [0.25, 0.3) is 5.91 Å². The molecule has 0 spiro atoms. The molecule has 2 rings (SSSR count). The van der Waals surface area contributed by atoms with Gasteiger partial charge in [-0.3, -0.25) is 10.1 Å². The summed E-state index contributed by atoms with van der Waals surface area (Å²) in [5.74, 6) is 0.634. The highest BCUT2D eigenvalue weighted by Gasteiger charge is 2.19. The fourth-order valence-electron chi connectivity index (χ4n) is 2.19. The van der Waals surface area contributed by atoms with Crippen LogP contribution >= 0.6 is 34.8 Å². The number of carbonyl (C=O) groups is 1. The first-order chi connectivity index (χ1) is 9.47. The van der Waals surface area contributed by atoms with E-state index in [1.165, 1.54) is 5.56 Å². The maximum atomic E-state index is 12.2. The second kappa shape index (κ2) is 6.85. The largest absolute Gasteiger partial charge is 0.349 e. The van der Waals surface area contributed by atoms with Crippen molar-refractivity contribution in [2.75, 3.05) is 13.1 Å². The standard InChI is InChI=1S/C15H19IN2OS/c1-10-5-7-18(8-6-10)15(20)17-14(19)12-4-3-11(2)13(16)9-12/h3-4,9-10H,5-8H2,1-2H3,(H,17,19,20). The summed E-state index contributed by atoms with van der Waals surface area (Å²) in [4.78, 5) is 14.3. The van der Waals surface area contributed by atoms with Crippen LogP contribution in [-0.4, -0.2) is 29.0 Å². The number of halogens is 1. The van der Waals surface area contributed by atoms with Crippen molar-refractivity contribution in [1.29, 1.82) is 0 Å². The highest BCUT2D eigenvalue weighted by atomic mass is 127. The Bertz CT molecular complexity index is 525. The Morgan fingerprint density at radius 3 is 2.65 bits per heavy atom. The minimum absolute atomic E-state index is 0.119. The Morgan fingerprint density at radius 2 is 2.05 bits per heavy atom. The molecule has 1 amide bonds. The van der Waals surface area contributed by atoms with E-state index in [4.69, 9.17) is 12.2 Å². The number of amides is 1. The Labute approximate surface area is 139 Å². The summed E-state index contributed by atoms with van der Waals surface area (Å²) in [5, 5.41) is 3.40. The maximum Gasteiger partial charge on any atom is 0.257 e. The second-order valence-corrected chi connectivity index (χ2v) is 6.94. The summed E-state index contributed by atoms with van der Waals surface area (Å²) in [5.41, 5.74) is 1.84. The average molecular weight is 402 g/mol. The summed E-state index contributed by atoms with van der Waals surface area (Å²) < 4.78 is 1.09. The Morgan fingerprint density at radius 1 is 1.40 bits per heavy atom. The molecule has 0 radical (unpaired) electrons. The van der Waals surface area contributed by atoms with E-state index in [1.807, 2.05) is 25.1 Å². The van der Waals surface area contributed by atoms with Gasteiger partial charge in [-0.15, -0.1) is 0 Å². The first-order valence-corrected chi connectivity index (χ1v) is 8.32. The van der Waals surface area contributed by atoms with Gasteiger partial charge in [0.2, 0.25) is 0 Å². The zero-order chi connectivity index (χ0) is 14.7. The van der Waals surface area contributed by atoms with E-state index in [0.29, 0.717) is 10.7 Å². The normalized spacial score (nSPS) is 16.1. The number of rotatable bonds is 1. The molecule has 0 aliphatic carbocycles. The summed E-state index contributed by atoms with van der Waals surface area (Å²) in [6.07, 6.45) is 2.27. The van der Waals surface area contributed by atoms with Gasteiger partial charge in [0, 0.05) is 22.2 Å². The highest BCUT2D eigenvalue weighted by Crippen LogP contribution is 2.16. The molecule has 1 N–H and O–H groups in total. The molecule has 5 heteroatoms. The number of carbonyl (C=O) groups excluding carboxylic acids is 1. The van der Waals surface area contributed by atoms with E-state index in [9.17, 15) is 4.79 Å². The number of aryl methyl sites for hydroxylation is 1. The van der Waals surface area contributed by atoms with Crippen LogP contribution in [-0.2, 0) is 0 Å². The van der Waals surface area contributed by atoms with E-state index < -0.39 is 0 Å². The van der Waals surface area contributed by atoms with Crippen LogP contribution < -0.4 is 5.32 Å². The average Bonchev–Trinajstić information content (AvgIpc) is 2.42. The lowest BCUT2D eigenvalue weighted by Gasteiger charge is -2.32. The molecule has 1 aliphatic rings. The van der Waals surface area contributed by atoms with Gasteiger partial charge in [0.05, 0.1) is 0 Å². The Kier molecular flexibility index (Phi) is 5.37. The molecule has 1 aromatic carbocycles. The van der Waals surface area contributed by atoms with Gasteiger partial charge in [0.1, 0.15) is 0 Å². The monoisotopic (exact) mass is 402 g/mol. The zero-order valence-corrected chi connectivity index (χ0v) is 14.8. The van der Waals surface area contributed by atoms with Crippen molar-refractivity contribution in [1.82, 2.24) is 10.2 Å². The van der Waals surface area contributed by atoms with Crippen LogP contribution in [0.1, 0.15) is 35.7 Å². The fourth-order valence-corrected chi connectivity index (χ4v) is 2.98. The van der Waals surface area contributed by atoms with E-state index in [2.05, 4.69) is 39.7 Å². The molecule has 0 bridgehead atoms. The molecule has 1 aliphatic heterocycles. The van der Waals surface area contributed by atoms with Gasteiger partial charge in [-0.2, -0.15) is 0 Å². The summed E-state index contributed by atoms with van der Waals surface area (Å²) in [6, 6.07) is 5.70. The van der Waals surface area contributed by atoms with Crippen LogP contribution in [0.4, 0.5) is 0 Å². The fraction of sp³-hybridized carbons (Fsp3) is 0.467. The van der Waals surface area contributed by atoms with Crippen molar-refractivity contribution in [2.24, 2.45) is 5.92 Å². The lowest BCUT2D eigenvalue weighted by molar-refractivity contribution is 0.0972. The van der Waals surface area contributed by atoms with E-state index in [-0.39, 0.29) is 5.91 Å². The van der Waals surface area contributed by atoms with Gasteiger partial charge >= 0.3 is 0 Å². The molecule has 0 unspecified atom stereocenters. The minimum Gasteiger partial charge on any atom is -0.349 e. The third-order valence-corrected chi connectivity index (χ3v) is 5.25. The molecule has 0 saturated carbocycles. The zero-order valence-electron chi connectivity index (χ0n) is 11.8.